The number of guanidine groups is 1. The Balaban J connectivity index is 1.67. The monoisotopic (exact) mass is 382 g/mol. The molecule has 1 heterocycles. The van der Waals surface area contributed by atoms with E-state index in [0.29, 0.717) is 24.6 Å². The van der Waals surface area contributed by atoms with E-state index in [1.165, 1.54) is 12.1 Å². The molecule has 7 heteroatoms. The summed E-state index contributed by atoms with van der Waals surface area (Å²) in [6.07, 6.45) is 2.85. The summed E-state index contributed by atoms with van der Waals surface area (Å²) in [5, 5.41) is 6.65. The summed E-state index contributed by atoms with van der Waals surface area (Å²) in [4.78, 5) is 6.67. The zero-order valence-corrected chi connectivity index (χ0v) is 16.6. The van der Waals surface area contributed by atoms with Crippen LogP contribution in [0.25, 0.3) is 0 Å². The van der Waals surface area contributed by atoms with Crippen molar-refractivity contribution in [2.75, 3.05) is 39.8 Å². The van der Waals surface area contributed by atoms with Gasteiger partial charge in [-0.25, -0.2) is 8.78 Å². The minimum absolute atomic E-state index is 0.280. The number of halogens is 2. The Bertz CT molecular complexity index is 602. The fourth-order valence-electron chi connectivity index (χ4n) is 3.15. The van der Waals surface area contributed by atoms with E-state index < -0.39 is 11.6 Å². The van der Waals surface area contributed by atoms with Crippen LogP contribution in [0.1, 0.15) is 32.3 Å². The molecule has 1 aromatic rings. The van der Waals surface area contributed by atoms with Crippen LogP contribution in [-0.2, 0) is 11.2 Å². The van der Waals surface area contributed by atoms with Gasteiger partial charge in [-0.1, -0.05) is 6.07 Å². The van der Waals surface area contributed by atoms with Gasteiger partial charge in [0.2, 0.25) is 0 Å². The van der Waals surface area contributed by atoms with E-state index >= 15 is 0 Å². The van der Waals surface area contributed by atoms with Gasteiger partial charge in [0.1, 0.15) is 11.6 Å². The summed E-state index contributed by atoms with van der Waals surface area (Å²) in [6, 6.07) is 4.07. The predicted octanol–water partition coefficient (Wildman–Crippen LogP) is 2.56. The van der Waals surface area contributed by atoms with E-state index in [0.717, 1.165) is 51.1 Å². The van der Waals surface area contributed by atoms with Crippen LogP contribution in [0.5, 0.6) is 0 Å². The maximum absolute atomic E-state index is 13.7. The Hall–Kier alpha value is -1.73. The number of nitrogens with one attached hydrogen (secondary N) is 2. The Morgan fingerprint density at radius 3 is 2.67 bits per heavy atom. The van der Waals surface area contributed by atoms with Crippen LogP contribution in [0, 0.1) is 11.6 Å². The molecule has 0 spiro atoms. The third-order valence-corrected chi connectivity index (χ3v) is 4.71. The minimum atomic E-state index is -0.552. The van der Waals surface area contributed by atoms with Gasteiger partial charge in [0.15, 0.2) is 5.96 Å². The lowest BCUT2D eigenvalue weighted by Crippen LogP contribution is -2.49. The van der Waals surface area contributed by atoms with Crippen molar-refractivity contribution in [2.24, 2.45) is 4.99 Å². The number of hydrogen-bond acceptors (Lipinski definition) is 3. The Labute approximate surface area is 161 Å². The fraction of sp³-hybridized carbons (Fsp3) is 0.650. The lowest BCUT2D eigenvalue weighted by molar-refractivity contribution is 0.0532. The molecule has 0 aliphatic carbocycles. The second kappa shape index (κ2) is 11.2. The number of benzene rings is 1. The Kier molecular flexibility index (Phi) is 8.94. The second-order valence-corrected chi connectivity index (χ2v) is 7.16. The molecule has 0 atom stereocenters. The van der Waals surface area contributed by atoms with Crippen molar-refractivity contribution in [3.05, 3.63) is 35.4 Å². The van der Waals surface area contributed by atoms with E-state index in [4.69, 9.17) is 4.74 Å². The molecule has 152 valence electrons. The van der Waals surface area contributed by atoms with Gasteiger partial charge in [-0.2, -0.15) is 0 Å². The molecule has 5 nitrogen and oxygen atoms in total. The maximum atomic E-state index is 13.7. The summed E-state index contributed by atoms with van der Waals surface area (Å²) in [6.45, 7) is 8.47. The molecule has 1 saturated heterocycles. The molecule has 27 heavy (non-hydrogen) atoms. The van der Waals surface area contributed by atoms with Crippen molar-refractivity contribution in [2.45, 2.75) is 45.3 Å². The van der Waals surface area contributed by atoms with Crippen LogP contribution in [0.15, 0.2) is 23.2 Å². The van der Waals surface area contributed by atoms with Gasteiger partial charge in [-0.05, 0) is 44.7 Å². The van der Waals surface area contributed by atoms with Crippen LogP contribution >= 0.6 is 0 Å². The molecular formula is C20H32F2N4O. The number of nitrogens with zero attached hydrogens (tertiary/aromatic N) is 2. The smallest absolute Gasteiger partial charge is 0.191 e. The number of piperidine rings is 1. The van der Waals surface area contributed by atoms with Gasteiger partial charge < -0.3 is 20.3 Å². The molecular weight excluding hydrogens is 350 g/mol. The van der Waals surface area contributed by atoms with Crippen LogP contribution in [0.4, 0.5) is 8.78 Å². The average molecular weight is 382 g/mol. The normalized spacial score (nSPS) is 16.7. The van der Waals surface area contributed by atoms with Crippen molar-refractivity contribution >= 4 is 5.96 Å². The highest BCUT2D eigenvalue weighted by molar-refractivity contribution is 5.79. The van der Waals surface area contributed by atoms with E-state index in [2.05, 4.69) is 34.4 Å². The summed E-state index contributed by atoms with van der Waals surface area (Å²) in [5.41, 5.74) is 0.497. The number of ether oxygens (including phenoxy) is 1. The largest absolute Gasteiger partial charge is 0.377 e. The molecule has 0 amide bonds. The minimum Gasteiger partial charge on any atom is -0.377 e. The van der Waals surface area contributed by atoms with Crippen molar-refractivity contribution in [1.29, 1.82) is 0 Å². The lowest BCUT2D eigenvalue weighted by Gasteiger charge is -2.33. The van der Waals surface area contributed by atoms with Crippen molar-refractivity contribution in [3.63, 3.8) is 0 Å². The highest BCUT2D eigenvalue weighted by atomic mass is 19.1. The molecule has 0 bridgehead atoms. The quantitative estimate of drug-likeness (QED) is 0.536. The highest BCUT2D eigenvalue weighted by Crippen LogP contribution is 2.11. The average Bonchev–Trinajstić information content (AvgIpc) is 2.63. The number of likely N-dealkylation sites (tertiary alicyclic amines) is 1. The summed E-state index contributed by atoms with van der Waals surface area (Å²) < 4.78 is 32.2. The first-order valence-corrected chi connectivity index (χ1v) is 9.73. The van der Waals surface area contributed by atoms with Crippen molar-refractivity contribution in [3.8, 4) is 0 Å². The molecule has 1 aliphatic rings. The first-order chi connectivity index (χ1) is 13.0. The summed E-state index contributed by atoms with van der Waals surface area (Å²) in [5.74, 6) is -0.337. The Morgan fingerprint density at radius 1 is 1.30 bits per heavy atom. The van der Waals surface area contributed by atoms with Crippen LogP contribution in [-0.4, -0.2) is 62.8 Å². The maximum Gasteiger partial charge on any atom is 0.191 e. The molecule has 0 unspecified atom stereocenters. The van der Waals surface area contributed by atoms with Gasteiger partial charge in [0, 0.05) is 45.3 Å². The standard InChI is InChI=1S/C20H32F2N4O/c1-15(2)27-13-12-26-10-7-18(8-11-26)25-20(23-3)24-9-6-16-4-5-17(21)14-19(16)22/h4-5,14-15,18H,6-13H2,1-3H3,(H2,23,24,25). The van der Waals surface area contributed by atoms with Crippen LogP contribution in [0.3, 0.4) is 0 Å². The molecule has 0 radical (unpaired) electrons. The number of hydrogen-bond donors (Lipinski definition) is 2. The third-order valence-electron chi connectivity index (χ3n) is 4.71. The van der Waals surface area contributed by atoms with Crippen molar-refractivity contribution in [1.82, 2.24) is 15.5 Å². The van der Waals surface area contributed by atoms with E-state index in [1.807, 2.05) is 0 Å². The molecule has 1 aromatic carbocycles. The highest BCUT2D eigenvalue weighted by Gasteiger charge is 2.19. The van der Waals surface area contributed by atoms with E-state index in [9.17, 15) is 8.78 Å². The van der Waals surface area contributed by atoms with Gasteiger partial charge in [-0.15, -0.1) is 0 Å². The van der Waals surface area contributed by atoms with Gasteiger partial charge >= 0.3 is 0 Å². The number of rotatable bonds is 8. The topological polar surface area (TPSA) is 48.9 Å². The zero-order chi connectivity index (χ0) is 19.6. The van der Waals surface area contributed by atoms with E-state index in [1.54, 1.807) is 7.05 Å². The predicted molar refractivity (Wildman–Crippen MR) is 105 cm³/mol. The molecule has 2 N–H and O–H groups in total. The van der Waals surface area contributed by atoms with Gasteiger partial charge in [0.25, 0.3) is 0 Å². The van der Waals surface area contributed by atoms with Gasteiger partial charge in [-0.3, -0.25) is 4.99 Å². The molecule has 1 fully saturated rings. The third kappa shape index (κ3) is 7.81. The SMILES string of the molecule is CN=C(NCCc1ccc(F)cc1F)NC1CCN(CCOC(C)C)CC1. The molecule has 1 aliphatic heterocycles. The molecule has 2 rings (SSSR count). The first kappa shape index (κ1) is 21.6. The second-order valence-electron chi connectivity index (χ2n) is 7.16. The fourth-order valence-corrected chi connectivity index (χ4v) is 3.15. The van der Waals surface area contributed by atoms with Gasteiger partial charge in [0.05, 0.1) is 12.7 Å². The van der Waals surface area contributed by atoms with Crippen molar-refractivity contribution < 1.29 is 13.5 Å². The first-order valence-electron chi connectivity index (χ1n) is 9.73. The summed E-state index contributed by atoms with van der Waals surface area (Å²) >= 11 is 0. The van der Waals surface area contributed by atoms with E-state index in [-0.39, 0.29) is 6.10 Å². The Morgan fingerprint density at radius 2 is 2.04 bits per heavy atom. The molecule has 0 saturated carbocycles. The summed E-state index contributed by atoms with van der Waals surface area (Å²) in [7, 11) is 1.73. The number of aliphatic imine (C=N–C) groups is 1. The lowest BCUT2D eigenvalue weighted by atomic mass is 10.1. The van der Waals surface area contributed by atoms with Crippen LogP contribution < -0.4 is 10.6 Å². The zero-order valence-electron chi connectivity index (χ0n) is 16.6. The van der Waals surface area contributed by atoms with Crippen LogP contribution in [0.2, 0.25) is 0 Å². The molecule has 0 aromatic heterocycles.